The van der Waals surface area contributed by atoms with Gasteiger partial charge in [0, 0.05) is 11.1 Å². The standard InChI is InChI=1S/C17H18ClNO/c1-12-16(13-6-4-3-5-7-13)20-17(19(12)2)14-8-10-15(18)11-9-14/h3-12,16-17H,1-2H3. The smallest absolute Gasteiger partial charge is 0.137 e. The molecule has 0 bridgehead atoms. The molecule has 1 heterocycles. The first-order chi connectivity index (χ1) is 9.66. The van der Waals surface area contributed by atoms with E-state index in [1.807, 2.05) is 30.3 Å². The minimum atomic E-state index is -0.0209. The Balaban J connectivity index is 1.87. The highest BCUT2D eigenvalue weighted by molar-refractivity contribution is 6.30. The van der Waals surface area contributed by atoms with Gasteiger partial charge >= 0.3 is 0 Å². The van der Waals surface area contributed by atoms with E-state index >= 15 is 0 Å². The molecule has 3 unspecified atom stereocenters. The first-order valence-electron chi connectivity index (χ1n) is 6.84. The summed E-state index contributed by atoms with van der Waals surface area (Å²) in [7, 11) is 2.10. The van der Waals surface area contributed by atoms with Gasteiger partial charge in [0.25, 0.3) is 0 Å². The summed E-state index contributed by atoms with van der Waals surface area (Å²) in [6, 6.07) is 18.6. The fourth-order valence-corrected chi connectivity index (χ4v) is 2.84. The van der Waals surface area contributed by atoms with Crippen LogP contribution in [0.4, 0.5) is 0 Å². The van der Waals surface area contributed by atoms with E-state index in [1.54, 1.807) is 0 Å². The lowest BCUT2D eigenvalue weighted by Crippen LogP contribution is -2.27. The van der Waals surface area contributed by atoms with Crippen LogP contribution in [-0.4, -0.2) is 18.0 Å². The van der Waals surface area contributed by atoms with Crippen molar-refractivity contribution in [3.63, 3.8) is 0 Å². The number of benzene rings is 2. The van der Waals surface area contributed by atoms with E-state index in [-0.39, 0.29) is 12.3 Å². The van der Waals surface area contributed by atoms with Crippen LogP contribution in [0.2, 0.25) is 5.02 Å². The predicted molar refractivity (Wildman–Crippen MR) is 81.7 cm³/mol. The second-order valence-corrected chi connectivity index (χ2v) is 5.71. The van der Waals surface area contributed by atoms with E-state index in [9.17, 15) is 0 Å². The third-order valence-electron chi connectivity index (χ3n) is 4.01. The summed E-state index contributed by atoms with van der Waals surface area (Å²) in [5.41, 5.74) is 2.37. The second-order valence-electron chi connectivity index (χ2n) is 5.28. The van der Waals surface area contributed by atoms with Gasteiger partial charge in [-0.05, 0) is 37.2 Å². The quantitative estimate of drug-likeness (QED) is 0.810. The van der Waals surface area contributed by atoms with Crippen molar-refractivity contribution in [3.8, 4) is 0 Å². The molecule has 1 aliphatic heterocycles. The summed E-state index contributed by atoms with van der Waals surface area (Å²) in [6.07, 6.45) is 0.0781. The fourth-order valence-electron chi connectivity index (χ4n) is 2.72. The molecule has 2 aromatic carbocycles. The molecule has 0 aliphatic carbocycles. The Hall–Kier alpha value is -1.35. The van der Waals surface area contributed by atoms with Gasteiger partial charge in [-0.2, -0.15) is 0 Å². The van der Waals surface area contributed by atoms with Crippen molar-refractivity contribution < 1.29 is 4.74 Å². The number of hydrogen-bond acceptors (Lipinski definition) is 2. The zero-order chi connectivity index (χ0) is 14.1. The van der Waals surface area contributed by atoms with Crippen molar-refractivity contribution >= 4 is 11.6 Å². The van der Waals surface area contributed by atoms with Gasteiger partial charge in [-0.15, -0.1) is 0 Å². The molecule has 0 spiro atoms. The van der Waals surface area contributed by atoms with Gasteiger partial charge < -0.3 is 4.74 Å². The third kappa shape index (κ3) is 2.47. The highest BCUT2D eigenvalue weighted by Gasteiger charge is 2.38. The summed E-state index contributed by atoms with van der Waals surface area (Å²) in [5.74, 6) is 0. The Labute approximate surface area is 124 Å². The number of nitrogens with zero attached hydrogens (tertiary/aromatic N) is 1. The van der Waals surface area contributed by atoms with E-state index in [0.29, 0.717) is 6.04 Å². The molecular formula is C17H18ClNO. The van der Waals surface area contributed by atoms with Crippen LogP contribution in [0.15, 0.2) is 54.6 Å². The molecule has 0 aromatic heterocycles. The van der Waals surface area contributed by atoms with E-state index in [1.165, 1.54) is 5.56 Å². The van der Waals surface area contributed by atoms with Crippen molar-refractivity contribution in [2.75, 3.05) is 7.05 Å². The molecule has 0 amide bonds. The summed E-state index contributed by atoms with van der Waals surface area (Å²) in [4.78, 5) is 2.26. The molecule has 104 valence electrons. The van der Waals surface area contributed by atoms with Crippen LogP contribution >= 0.6 is 11.6 Å². The van der Waals surface area contributed by atoms with E-state index in [2.05, 4.69) is 43.1 Å². The number of likely N-dealkylation sites (N-methyl/N-ethyl adjacent to an activating group) is 1. The van der Waals surface area contributed by atoms with Crippen molar-refractivity contribution in [1.29, 1.82) is 0 Å². The lowest BCUT2D eigenvalue weighted by molar-refractivity contribution is 0.00560. The summed E-state index contributed by atoms with van der Waals surface area (Å²) in [6.45, 7) is 2.20. The van der Waals surface area contributed by atoms with Gasteiger partial charge in [-0.25, -0.2) is 0 Å². The molecular weight excluding hydrogens is 270 g/mol. The molecule has 2 nitrogen and oxygen atoms in total. The minimum absolute atomic E-state index is 0.0209. The van der Waals surface area contributed by atoms with E-state index in [4.69, 9.17) is 16.3 Å². The summed E-state index contributed by atoms with van der Waals surface area (Å²) >= 11 is 5.95. The first-order valence-corrected chi connectivity index (χ1v) is 7.22. The van der Waals surface area contributed by atoms with Gasteiger partial charge in [-0.3, -0.25) is 4.90 Å². The Kier molecular flexibility index (Phi) is 3.79. The van der Waals surface area contributed by atoms with Crippen LogP contribution in [-0.2, 0) is 4.74 Å². The van der Waals surface area contributed by atoms with Crippen LogP contribution in [0.3, 0.4) is 0 Å². The maximum Gasteiger partial charge on any atom is 0.137 e. The normalized spacial score (nSPS) is 26.9. The SMILES string of the molecule is CC1C(c2ccccc2)OC(c2ccc(Cl)cc2)N1C. The van der Waals surface area contributed by atoms with Gasteiger partial charge in [0.1, 0.15) is 12.3 Å². The lowest BCUT2D eigenvalue weighted by Gasteiger charge is -2.21. The van der Waals surface area contributed by atoms with Crippen LogP contribution in [0.25, 0.3) is 0 Å². The van der Waals surface area contributed by atoms with Crippen LogP contribution < -0.4 is 0 Å². The molecule has 0 saturated carbocycles. The molecule has 3 heteroatoms. The number of rotatable bonds is 2. The lowest BCUT2D eigenvalue weighted by atomic mass is 10.0. The molecule has 3 atom stereocenters. The summed E-state index contributed by atoms with van der Waals surface area (Å²) < 4.78 is 6.28. The van der Waals surface area contributed by atoms with Crippen molar-refractivity contribution in [2.24, 2.45) is 0 Å². The molecule has 1 fully saturated rings. The molecule has 1 saturated heterocycles. The second kappa shape index (κ2) is 5.57. The Morgan fingerprint density at radius 3 is 2.25 bits per heavy atom. The van der Waals surface area contributed by atoms with Crippen molar-refractivity contribution in [2.45, 2.75) is 25.3 Å². The van der Waals surface area contributed by atoms with Crippen molar-refractivity contribution in [3.05, 3.63) is 70.7 Å². The molecule has 2 aromatic rings. The van der Waals surface area contributed by atoms with Gasteiger partial charge in [0.05, 0.1) is 0 Å². The molecule has 3 rings (SSSR count). The van der Waals surface area contributed by atoms with Crippen LogP contribution in [0, 0.1) is 0 Å². The first kappa shape index (κ1) is 13.6. The number of hydrogen-bond donors (Lipinski definition) is 0. The zero-order valence-corrected chi connectivity index (χ0v) is 12.4. The third-order valence-corrected chi connectivity index (χ3v) is 4.26. The Morgan fingerprint density at radius 1 is 0.950 bits per heavy atom. The van der Waals surface area contributed by atoms with Gasteiger partial charge in [0.15, 0.2) is 0 Å². The fraction of sp³-hybridized carbons (Fsp3) is 0.294. The van der Waals surface area contributed by atoms with Crippen LogP contribution in [0.1, 0.15) is 30.4 Å². The van der Waals surface area contributed by atoms with Crippen LogP contribution in [0.5, 0.6) is 0 Å². The monoisotopic (exact) mass is 287 g/mol. The molecule has 20 heavy (non-hydrogen) atoms. The molecule has 1 aliphatic rings. The van der Waals surface area contributed by atoms with Crippen molar-refractivity contribution in [1.82, 2.24) is 4.90 Å². The Bertz CT molecular complexity index is 569. The number of halogens is 1. The van der Waals surface area contributed by atoms with Gasteiger partial charge in [0.2, 0.25) is 0 Å². The minimum Gasteiger partial charge on any atom is -0.349 e. The average molecular weight is 288 g/mol. The maximum atomic E-state index is 6.28. The average Bonchev–Trinajstić information content (AvgIpc) is 2.77. The predicted octanol–water partition coefficient (Wildman–Crippen LogP) is 4.43. The molecule has 0 radical (unpaired) electrons. The van der Waals surface area contributed by atoms with E-state index in [0.717, 1.165) is 10.6 Å². The largest absolute Gasteiger partial charge is 0.349 e. The number of ether oxygens (including phenoxy) is 1. The Morgan fingerprint density at radius 2 is 1.60 bits per heavy atom. The maximum absolute atomic E-state index is 6.28. The van der Waals surface area contributed by atoms with E-state index < -0.39 is 0 Å². The van der Waals surface area contributed by atoms with Gasteiger partial charge in [-0.1, -0.05) is 54.1 Å². The highest BCUT2D eigenvalue weighted by Crippen LogP contribution is 2.41. The zero-order valence-electron chi connectivity index (χ0n) is 11.7. The molecule has 0 N–H and O–H groups in total. The summed E-state index contributed by atoms with van der Waals surface area (Å²) in [5, 5.41) is 0.752. The topological polar surface area (TPSA) is 12.5 Å². The highest BCUT2D eigenvalue weighted by atomic mass is 35.5.